The maximum Gasteiger partial charge on any atom is 0.372 e. The number of halogens is 1. The largest absolute Gasteiger partial charge is 0.372 e. The van der Waals surface area contributed by atoms with E-state index in [1.54, 1.807) is 26.2 Å². The highest BCUT2D eigenvalue weighted by molar-refractivity contribution is 6.30. The number of nitrogens with zero attached hydrogens (tertiary/aromatic N) is 1. The standard InChI is InChI=1S/C7H5ClO3.C3H7NO/c8-6-3-1-2-5(4-6)7(9)11-10;1-4(2)3-5/h1-4,10H;3H,1-2H3. The highest BCUT2D eigenvalue weighted by atomic mass is 35.5. The summed E-state index contributed by atoms with van der Waals surface area (Å²) in [6.07, 6.45) is 0.750. The summed E-state index contributed by atoms with van der Waals surface area (Å²) in [6, 6.07) is 6.11. The summed E-state index contributed by atoms with van der Waals surface area (Å²) in [4.78, 5) is 25.0. The second-order valence-corrected chi connectivity index (χ2v) is 3.39. The van der Waals surface area contributed by atoms with Gasteiger partial charge in [-0.25, -0.2) is 4.79 Å². The van der Waals surface area contributed by atoms with Crippen LogP contribution in [0.1, 0.15) is 10.4 Å². The summed E-state index contributed by atoms with van der Waals surface area (Å²) in [6.45, 7) is 0. The van der Waals surface area contributed by atoms with Crippen LogP contribution >= 0.6 is 11.6 Å². The second-order valence-electron chi connectivity index (χ2n) is 2.96. The van der Waals surface area contributed by atoms with Gasteiger partial charge in [0.05, 0.1) is 5.56 Å². The van der Waals surface area contributed by atoms with Crippen molar-refractivity contribution in [2.24, 2.45) is 0 Å². The summed E-state index contributed by atoms with van der Waals surface area (Å²) in [5.74, 6) is -0.813. The van der Waals surface area contributed by atoms with Crippen LogP contribution in [0.2, 0.25) is 5.02 Å². The van der Waals surface area contributed by atoms with E-state index in [0.29, 0.717) is 5.02 Å². The normalized spacial score (nSPS) is 8.50. The van der Waals surface area contributed by atoms with E-state index in [9.17, 15) is 9.59 Å². The highest BCUT2D eigenvalue weighted by Gasteiger charge is 2.05. The topological polar surface area (TPSA) is 66.8 Å². The molecule has 0 bridgehead atoms. The average molecular weight is 246 g/mol. The van der Waals surface area contributed by atoms with Crippen LogP contribution < -0.4 is 0 Å². The lowest BCUT2D eigenvalue weighted by molar-refractivity contribution is -0.182. The van der Waals surface area contributed by atoms with Crippen LogP contribution in [0.4, 0.5) is 0 Å². The molecule has 16 heavy (non-hydrogen) atoms. The first-order valence-electron chi connectivity index (χ1n) is 4.24. The lowest BCUT2D eigenvalue weighted by Crippen LogP contribution is -2.06. The number of amides is 1. The third-order valence-corrected chi connectivity index (χ3v) is 1.59. The van der Waals surface area contributed by atoms with Crippen molar-refractivity contribution in [2.45, 2.75) is 0 Å². The summed E-state index contributed by atoms with van der Waals surface area (Å²) in [5, 5.41) is 8.41. The number of carbonyl (C=O) groups is 2. The molecule has 0 unspecified atom stereocenters. The van der Waals surface area contributed by atoms with Gasteiger partial charge >= 0.3 is 5.97 Å². The van der Waals surface area contributed by atoms with Gasteiger partial charge in [-0.1, -0.05) is 17.7 Å². The van der Waals surface area contributed by atoms with Gasteiger partial charge in [-0.2, -0.15) is 5.26 Å². The Labute approximate surface area is 98.1 Å². The van der Waals surface area contributed by atoms with Crippen LogP contribution in [0, 0.1) is 0 Å². The molecule has 0 radical (unpaired) electrons. The third-order valence-electron chi connectivity index (χ3n) is 1.35. The van der Waals surface area contributed by atoms with Gasteiger partial charge in [0, 0.05) is 19.1 Å². The maximum absolute atomic E-state index is 10.6. The zero-order valence-electron chi connectivity index (χ0n) is 8.88. The first kappa shape index (κ1) is 14.4. The Bertz CT molecular complexity index is 354. The zero-order valence-corrected chi connectivity index (χ0v) is 9.64. The molecule has 0 aliphatic heterocycles. The number of hydrogen-bond acceptors (Lipinski definition) is 4. The van der Waals surface area contributed by atoms with Crippen molar-refractivity contribution in [1.82, 2.24) is 4.90 Å². The lowest BCUT2D eigenvalue weighted by Gasteiger charge is -1.95. The molecule has 88 valence electrons. The summed E-state index contributed by atoms with van der Waals surface area (Å²) < 4.78 is 0. The SMILES string of the molecule is CN(C)C=O.O=C(OO)c1cccc(Cl)c1. The van der Waals surface area contributed by atoms with Gasteiger partial charge in [0.25, 0.3) is 0 Å². The van der Waals surface area contributed by atoms with E-state index < -0.39 is 5.97 Å². The van der Waals surface area contributed by atoms with Gasteiger partial charge in [-0.05, 0) is 18.2 Å². The molecule has 1 rings (SSSR count). The monoisotopic (exact) mass is 245 g/mol. The molecule has 0 saturated carbocycles. The van der Waals surface area contributed by atoms with Crippen molar-refractivity contribution < 1.29 is 19.7 Å². The molecule has 0 aliphatic rings. The smallest absolute Gasteiger partial charge is 0.351 e. The first-order valence-corrected chi connectivity index (χ1v) is 4.62. The van der Waals surface area contributed by atoms with E-state index >= 15 is 0 Å². The predicted octanol–water partition coefficient (Wildman–Crippen LogP) is 1.67. The molecule has 5 nitrogen and oxygen atoms in total. The number of hydrogen-bond donors (Lipinski definition) is 1. The van der Waals surface area contributed by atoms with Crippen LogP contribution in [0.25, 0.3) is 0 Å². The fourth-order valence-electron chi connectivity index (χ4n) is 0.668. The minimum Gasteiger partial charge on any atom is -0.351 e. The molecule has 1 N–H and O–H groups in total. The van der Waals surface area contributed by atoms with Crippen molar-refractivity contribution in [2.75, 3.05) is 14.1 Å². The molecule has 6 heteroatoms. The minimum atomic E-state index is -0.813. The van der Waals surface area contributed by atoms with E-state index in [-0.39, 0.29) is 5.56 Å². The van der Waals surface area contributed by atoms with E-state index in [1.165, 1.54) is 17.0 Å². The molecule has 1 aromatic rings. The molecular weight excluding hydrogens is 234 g/mol. The number of rotatable bonds is 2. The second kappa shape index (κ2) is 7.67. The van der Waals surface area contributed by atoms with Gasteiger partial charge in [-0.3, -0.25) is 9.68 Å². The van der Waals surface area contributed by atoms with Crippen LogP contribution in [0.15, 0.2) is 24.3 Å². The van der Waals surface area contributed by atoms with Crippen molar-refractivity contribution in [1.29, 1.82) is 0 Å². The maximum atomic E-state index is 10.6. The molecule has 0 heterocycles. The van der Waals surface area contributed by atoms with Gasteiger partial charge in [0.15, 0.2) is 0 Å². The van der Waals surface area contributed by atoms with Crippen LogP contribution in [0.5, 0.6) is 0 Å². The van der Waals surface area contributed by atoms with Crippen LogP contribution in [-0.4, -0.2) is 36.6 Å². The Balaban J connectivity index is 0.000000385. The van der Waals surface area contributed by atoms with Crippen molar-refractivity contribution in [3.63, 3.8) is 0 Å². The van der Waals surface area contributed by atoms with E-state index in [1.807, 2.05) is 0 Å². The first-order chi connectivity index (χ1) is 7.51. The highest BCUT2D eigenvalue weighted by Crippen LogP contribution is 2.10. The molecule has 1 aromatic carbocycles. The lowest BCUT2D eigenvalue weighted by atomic mass is 10.2. The minimum absolute atomic E-state index is 0.222. The van der Waals surface area contributed by atoms with Gasteiger partial charge in [-0.15, -0.1) is 0 Å². The fraction of sp³-hybridized carbons (Fsp3) is 0.200. The molecule has 0 atom stereocenters. The Morgan fingerprint density at radius 2 is 2.06 bits per heavy atom. The molecule has 0 aliphatic carbocycles. The van der Waals surface area contributed by atoms with Crippen LogP contribution in [-0.2, 0) is 9.68 Å². The van der Waals surface area contributed by atoms with Crippen molar-refractivity contribution in [3.05, 3.63) is 34.9 Å². The summed E-state index contributed by atoms with van der Waals surface area (Å²) >= 11 is 5.56. The molecule has 0 saturated heterocycles. The third kappa shape index (κ3) is 6.00. The number of benzene rings is 1. The summed E-state index contributed by atoms with van der Waals surface area (Å²) in [7, 11) is 3.38. The molecule has 0 fully saturated rings. The van der Waals surface area contributed by atoms with Crippen LogP contribution in [0.3, 0.4) is 0 Å². The van der Waals surface area contributed by atoms with Crippen molar-refractivity contribution in [3.8, 4) is 0 Å². The van der Waals surface area contributed by atoms with Gasteiger partial charge in [0.2, 0.25) is 6.41 Å². The Morgan fingerprint density at radius 3 is 2.44 bits per heavy atom. The number of carbonyl (C=O) groups excluding carboxylic acids is 2. The molecule has 1 amide bonds. The Kier molecular flexibility index (Phi) is 6.91. The molecule has 0 spiro atoms. The Hall–Kier alpha value is -1.59. The van der Waals surface area contributed by atoms with Gasteiger partial charge in [0.1, 0.15) is 0 Å². The average Bonchev–Trinajstić information content (AvgIpc) is 2.28. The van der Waals surface area contributed by atoms with Crippen molar-refractivity contribution >= 4 is 24.0 Å². The molecule has 0 aromatic heterocycles. The van der Waals surface area contributed by atoms with Gasteiger partial charge < -0.3 is 4.90 Å². The quantitative estimate of drug-likeness (QED) is 0.489. The van der Waals surface area contributed by atoms with E-state index in [4.69, 9.17) is 16.9 Å². The zero-order chi connectivity index (χ0) is 12.6. The van der Waals surface area contributed by atoms with E-state index in [0.717, 1.165) is 6.41 Å². The Morgan fingerprint density at radius 1 is 1.50 bits per heavy atom. The fourth-order valence-corrected chi connectivity index (χ4v) is 0.858. The van der Waals surface area contributed by atoms with E-state index in [2.05, 4.69) is 4.89 Å². The predicted molar refractivity (Wildman–Crippen MR) is 59.2 cm³/mol. The summed E-state index contributed by atoms with van der Waals surface area (Å²) in [5.41, 5.74) is 0.222. The molecular formula is C10H12ClNO4.